The molecule has 2 N–H and O–H groups in total. The van der Waals surface area contributed by atoms with Crippen LogP contribution in [0.4, 0.5) is 5.69 Å². The van der Waals surface area contributed by atoms with Gasteiger partial charge in [-0.15, -0.1) is 0 Å². The van der Waals surface area contributed by atoms with Gasteiger partial charge in [0, 0.05) is 23.1 Å². The summed E-state index contributed by atoms with van der Waals surface area (Å²) < 4.78 is 0.170. The lowest BCUT2D eigenvalue weighted by molar-refractivity contribution is -0.385. The third kappa shape index (κ3) is 3.94. The zero-order valence-electron chi connectivity index (χ0n) is 16.2. The van der Waals surface area contributed by atoms with E-state index in [0.29, 0.717) is 6.42 Å². The number of nitro benzene ring substituents is 1. The van der Waals surface area contributed by atoms with E-state index in [1.54, 1.807) is 0 Å². The highest BCUT2D eigenvalue weighted by Crippen LogP contribution is 2.58. The number of carbonyl (C=O) groups is 1. The second-order valence-corrected chi connectivity index (χ2v) is 8.17. The van der Waals surface area contributed by atoms with E-state index in [0.717, 1.165) is 11.1 Å². The van der Waals surface area contributed by atoms with E-state index in [2.05, 4.69) is 26.5 Å². The molecule has 1 aliphatic rings. The number of halogens is 1. The minimum absolute atomic E-state index is 0.120. The number of benzene rings is 3. The molecule has 0 aliphatic heterocycles. The number of phenolic OH excluding ortho intramolecular Hbond substituents is 1. The molecule has 0 spiro atoms. The van der Waals surface area contributed by atoms with Crippen molar-refractivity contribution in [2.45, 2.75) is 11.8 Å². The summed E-state index contributed by atoms with van der Waals surface area (Å²) >= 11 is 3.08. The van der Waals surface area contributed by atoms with Crippen molar-refractivity contribution in [3.05, 3.63) is 104 Å². The van der Waals surface area contributed by atoms with E-state index in [1.165, 1.54) is 18.3 Å². The lowest BCUT2D eigenvalue weighted by Gasteiger charge is -2.18. The Morgan fingerprint density at radius 3 is 2.26 bits per heavy atom. The molecule has 1 fully saturated rings. The van der Waals surface area contributed by atoms with Crippen molar-refractivity contribution in [2.75, 3.05) is 0 Å². The van der Waals surface area contributed by atoms with Gasteiger partial charge in [-0.25, -0.2) is 5.43 Å². The van der Waals surface area contributed by atoms with Gasteiger partial charge in [-0.3, -0.25) is 14.9 Å². The molecule has 1 amide bonds. The van der Waals surface area contributed by atoms with Crippen LogP contribution < -0.4 is 5.43 Å². The first-order valence-corrected chi connectivity index (χ1v) is 10.3. The highest BCUT2D eigenvalue weighted by molar-refractivity contribution is 9.10. The third-order valence-corrected chi connectivity index (χ3v) is 6.13. The summed E-state index contributed by atoms with van der Waals surface area (Å²) in [5.74, 6) is -0.759. The Morgan fingerprint density at radius 2 is 1.71 bits per heavy atom. The highest BCUT2D eigenvalue weighted by atomic mass is 79.9. The Balaban J connectivity index is 1.55. The number of nitrogens with zero attached hydrogens (tertiary/aromatic N) is 2. The van der Waals surface area contributed by atoms with Crippen LogP contribution in [-0.4, -0.2) is 22.2 Å². The quantitative estimate of drug-likeness (QED) is 0.308. The molecule has 3 aromatic rings. The topological polar surface area (TPSA) is 105 Å². The summed E-state index contributed by atoms with van der Waals surface area (Å²) in [6.07, 6.45) is 1.84. The van der Waals surface area contributed by atoms with Gasteiger partial charge in [-0.2, -0.15) is 5.10 Å². The molecule has 0 bridgehead atoms. The van der Waals surface area contributed by atoms with Crippen molar-refractivity contribution in [1.82, 2.24) is 5.43 Å². The monoisotopic (exact) mass is 479 g/mol. The van der Waals surface area contributed by atoms with Gasteiger partial charge in [0.2, 0.25) is 5.91 Å². The average molecular weight is 480 g/mol. The second-order valence-electron chi connectivity index (χ2n) is 7.32. The molecule has 1 atom stereocenters. The fraction of sp³-hybridized carbons (Fsp3) is 0.130. The molecule has 0 heterocycles. The molecule has 7 nitrogen and oxygen atoms in total. The molecular weight excluding hydrogens is 462 g/mol. The summed E-state index contributed by atoms with van der Waals surface area (Å²) in [6.45, 7) is 0. The van der Waals surface area contributed by atoms with Gasteiger partial charge >= 0.3 is 0 Å². The van der Waals surface area contributed by atoms with Crippen molar-refractivity contribution in [2.24, 2.45) is 11.0 Å². The molecule has 1 saturated carbocycles. The van der Waals surface area contributed by atoms with E-state index < -0.39 is 10.3 Å². The van der Waals surface area contributed by atoms with Crippen molar-refractivity contribution in [3.8, 4) is 5.75 Å². The van der Waals surface area contributed by atoms with Crippen LogP contribution in [0, 0.1) is 16.0 Å². The molecule has 0 saturated heterocycles. The predicted octanol–water partition coefficient (Wildman–Crippen LogP) is 4.52. The number of amides is 1. The van der Waals surface area contributed by atoms with Gasteiger partial charge in [0.25, 0.3) is 5.69 Å². The Kier molecular flexibility index (Phi) is 5.56. The average Bonchev–Trinajstić information content (AvgIpc) is 3.55. The molecule has 0 aromatic heterocycles. The first kappa shape index (κ1) is 20.7. The fourth-order valence-electron chi connectivity index (χ4n) is 3.91. The van der Waals surface area contributed by atoms with Crippen LogP contribution >= 0.6 is 15.9 Å². The third-order valence-electron chi connectivity index (χ3n) is 5.52. The highest BCUT2D eigenvalue weighted by Gasteiger charge is 2.60. The Bertz CT molecular complexity index is 1130. The van der Waals surface area contributed by atoms with Crippen molar-refractivity contribution in [3.63, 3.8) is 0 Å². The minimum atomic E-state index is -0.571. The summed E-state index contributed by atoms with van der Waals surface area (Å²) in [5.41, 5.74) is 4.14. The maximum absolute atomic E-state index is 12.9. The maximum atomic E-state index is 12.9. The number of hydrazone groups is 1. The lowest BCUT2D eigenvalue weighted by Crippen LogP contribution is -2.25. The molecule has 0 radical (unpaired) electrons. The lowest BCUT2D eigenvalue weighted by atomic mass is 9.85. The van der Waals surface area contributed by atoms with Gasteiger partial charge in [-0.05, 0) is 33.5 Å². The smallest absolute Gasteiger partial charge is 0.271 e. The summed E-state index contributed by atoms with van der Waals surface area (Å²) in [5, 5.41) is 25.1. The number of hydrogen-bond donors (Lipinski definition) is 2. The number of nitro groups is 1. The minimum Gasteiger partial charge on any atom is -0.506 e. The van der Waals surface area contributed by atoms with Crippen molar-refractivity contribution >= 4 is 33.7 Å². The SMILES string of the molecule is O=C(N/N=C/c1cc([N+](=O)[O-])cc(Br)c1O)[C@H]1CC1(c1ccccc1)c1ccccc1. The fourth-order valence-corrected chi connectivity index (χ4v) is 4.37. The van der Waals surface area contributed by atoms with Gasteiger partial charge < -0.3 is 5.11 Å². The number of aromatic hydroxyl groups is 1. The molecule has 156 valence electrons. The normalized spacial score (nSPS) is 16.7. The van der Waals surface area contributed by atoms with E-state index in [-0.39, 0.29) is 33.3 Å². The van der Waals surface area contributed by atoms with Gasteiger partial charge in [0.15, 0.2) is 0 Å². The molecular formula is C23H18BrN3O4. The molecule has 4 rings (SSSR count). The first-order valence-electron chi connectivity index (χ1n) is 9.54. The number of carbonyl (C=O) groups excluding carboxylic acids is 1. The molecule has 0 unspecified atom stereocenters. The van der Waals surface area contributed by atoms with Crippen molar-refractivity contribution in [1.29, 1.82) is 0 Å². The molecule has 1 aliphatic carbocycles. The summed E-state index contributed by atoms with van der Waals surface area (Å²) in [7, 11) is 0. The maximum Gasteiger partial charge on any atom is 0.271 e. The number of nitrogens with one attached hydrogen (secondary N) is 1. The Morgan fingerprint density at radius 1 is 1.13 bits per heavy atom. The number of rotatable bonds is 6. The van der Waals surface area contributed by atoms with Crippen LogP contribution in [0.25, 0.3) is 0 Å². The van der Waals surface area contributed by atoms with Crippen LogP contribution in [0.3, 0.4) is 0 Å². The van der Waals surface area contributed by atoms with Crippen molar-refractivity contribution < 1.29 is 14.8 Å². The number of hydrogen-bond acceptors (Lipinski definition) is 5. The van der Waals surface area contributed by atoms with E-state index in [9.17, 15) is 20.0 Å². The largest absolute Gasteiger partial charge is 0.506 e. The van der Waals surface area contributed by atoms with E-state index >= 15 is 0 Å². The van der Waals surface area contributed by atoms with E-state index in [4.69, 9.17) is 0 Å². The Hall–Kier alpha value is -3.52. The van der Waals surface area contributed by atoms with E-state index in [1.807, 2.05) is 60.7 Å². The number of non-ortho nitro benzene ring substituents is 1. The number of phenols is 1. The molecule has 8 heteroatoms. The molecule has 3 aromatic carbocycles. The first-order chi connectivity index (χ1) is 14.9. The zero-order chi connectivity index (χ0) is 22.0. The van der Waals surface area contributed by atoms with Crippen LogP contribution in [0.2, 0.25) is 0 Å². The Labute approximate surface area is 186 Å². The standard InChI is InChI=1S/C23H18BrN3O4/c24-20-12-18(27(30)31)11-15(21(20)28)14-25-26-22(29)19-13-23(19,16-7-3-1-4-8-16)17-9-5-2-6-10-17/h1-12,14,19,28H,13H2,(H,26,29)/b25-14+/t19-/m1/s1. The van der Waals surface area contributed by atoms with Gasteiger partial charge in [-0.1, -0.05) is 60.7 Å². The van der Waals surface area contributed by atoms with Gasteiger partial charge in [0.05, 0.1) is 21.5 Å². The summed E-state index contributed by atoms with van der Waals surface area (Å²) in [6, 6.07) is 22.1. The van der Waals surface area contributed by atoms with Crippen LogP contribution in [0.5, 0.6) is 5.75 Å². The van der Waals surface area contributed by atoms with Crippen LogP contribution in [0.15, 0.2) is 82.4 Å². The van der Waals surface area contributed by atoms with Gasteiger partial charge in [0.1, 0.15) is 5.75 Å². The second kappa shape index (κ2) is 8.31. The van der Waals surface area contributed by atoms with Crippen LogP contribution in [0.1, 0.15) is 23.1 Å². The predicted molar refractivity (Wildman–Crippen MR) is 120 cm³/mol. The van der Waals surface area contributed by atoms with Crippen LogP contribution in [-0.2, 0) is 10.2 Å². The summed E-state index contributed by atoms with van der Waals surface area (Å²) in [4.78, 5) is 23.3. The zero-order valence-corrected chi connectivity index (χ0v) is 17.8. The molecule has 31 heavy (non-hydrogen) atoms.